The van der Waals surface area contributed by atoms with Crippen LogP contribution in [0.15, 0.2) is 29.4 Å². The molecule has 244 valence electrons. The number of amides is 1. The fourth-order valence-electron chi connectivity index (χ4n) is 4.69. The van der Waals surface area contributed by atoms with Gasteiger partial charge >= 0.3 is 0 Å². The predicted octanol–water partition coefficient (Wildman–Crippen LogP) is 6.55. The number of piperidine rings is 1. The van der Waals surface area contributed by atoms with Crippen molar-refractivity contribution in [3.8, 4) is 0 Å². The number of ether oxygens (including phenoxy) is 2. The van der Waals surface area contributed by atoms with Crippen molar-refractivity contribution in [1.82, 2.24) is 14.9 Å². The van der Waals surface area contributed by atoms with E-state index in [4.69, 9.17) is 9.47 Å². The third kappa shape index (κ3) is 11.4. The molecule has 0 spiro atoms. The van der Waals surface area contributed by atoms with Crippen LogP contribution in [0.1, 0.15) is 79.8 Å². The molecule has 0 radical (unpaired) electrons. The summed E-state index contributed by atoms with van der Waals surface area (Å²) >= 11 is 0. The molecule has 1 saturated heterocycles. The molecule has 1 N–H and O–H groups in total. The smallest absolute Gasteiger partial charge is 0.209 e. The molecule has 1 aromatic heterocycles. The summed E-state index contributed by atoms with van der Waals surface area (Å²) in [5.74, 6) is -1.44. The summed E-state index contributed by atoms with van der Waals surface area (Å²) in [5.41, 5.74) is 0.0617. The molecule has 2 aromatic rings. The van der Waals surface area contributed by atoms with Gasteiger partial charge in [-0.2, -0.15) is 0 Å². The second kappa shape index (κ2) is 17.6. The molecule has 0 bridgehead atoms. The maximum atomic E-state index is 14.8. The normalized spacial score (nSPS) is 18.9. The Bertz CT molecular complexity index is 1260. The number of aromatic nitrogens is 2. The molecule has 1 aliphatic carbocycles. The molecule has 2 heterocycles. The van der Waals surface area contributed by atoms with Gasteiger partial charge in [-0.05, 0) is 57.2 Å². The molecule has 1 saturated carbocycles. The van der Waals surface area contributed by atoms with E-state index in [0.717, 1.165) is 50.9 Å². The van der Waals surface area contributed by atoms with Crippen LogP contribution in [0.3, 0.4) is 0 Å². The molecule has 12 heteroatoms. The van der Waals surface area contributed by atoms with Crippen molar-refractivity contribution in [2.45, 2.75) is 91.3 Å². The number of hydrogen-bond donors (Lipinski definition) is 1. The Kier molecular flexibility index (Phi) is 15.6. The molecule has 4 rings (SSSR count). The lowest BCUT2D eigenvalue weighted by Gasteiger charge is -2.28. The largest absolute Gasteiger partial charge is 0.379 e. The van der Waals surface area contributed by atoms with Gasteiger partial charge in [-0.3, -0.25) is 4.79 Å². The number of anilines is 2. The van der Waals surface area contributed by atoms with Crippen molar-refractivity contribution in [3.05, 3.63) is 41.9 Å². The van der Waals surface area contributed by atoms with Gasteiger partial charge in [0, 0.05) is 31.9 Å². The van der Waals surface area contributed by atoms with Gasteiger partial charge in [-0.15, -0.1) is 0 Å². The average Bonchev–Trinajstić information content (AvgIpc) is 3.71. The standard InChI is InChI=1S/C20H22F2N4O4S.C7H16O.2C2H6/c1-31(28,29)14-2-3-16(15(21)6-14)25-19-18(22)17(23-11-24-19)9-30-10-20-4-5-26(12-27)8-13(20)7-20;1-5-6-7(2,3)8-4;2*1-2/h2-3,6,11-13H,4-5,7-10H2,1H3,(H,23,24,25);5-6H2,1-4H3;2*1-2H3. The van der Waals surface area contributed by atoms with Crippen LogP contribution >= 0.6 is 0 Å². The summed E-state index contributed by atoms with van der Waals surface area (Å²) in [6.45, 7) is 16.2. The van der Waals surface area contributed by atoms with Gasteiger partial charge < -0.3 is 19.7 Å². The lowest BCUT2D eigenvalue weighted by atomic mass is 9.96. The highest BCUT2D eigenvalue weighted by Crippen LogP contribution is 2.57. The van der Waals surface area contributed by atoms with Crippen LogP contribution in [0.2, 0.25) is 0 Å². The van der Waals surface area contributed by atoms with Crippen LogP contribution in [0, 0.1) is 23.0 Å². The van der Waals surface area contributed by atoms with Gasteiger partial charge in [-0.25, -0.2) is 27.2 Å². The molecule has 2 atom stereocenters. The molecule has 1 aromatic carbocycles. The summed E-state index contributed by atoms with van der Waals surface area (Å²) in [6, 6.07) is 3.30. The van der Waals surface area contributed by atoms with E-state index in [1.165, 1.54) is 18.6 Å². The van der Waals surface area contributed by atoms with Crippen molar-refractivity contribution in [1.29, 1.82) is 0 Å². The molecule has 9 nitrogen and oxygen atoms in total. The molecule has 2 fully saturated rings. The topological polar surface area (TPSA) is 111 Å². The van der Waals surface area contributed by atoms with Crippen LogP contribution in [0.5, 0.6) is 0 Å². The fraction of sp³-hybridized carbons (Fsp3) is 0.645. The van der Waals surface area contributed by atoms with E-state index in [2.05, 4.69) is 36.1 Å². The Balaban J connectivity index is 0.000000663. The number of methoxy groups -OCH3 is 1. The third-order valence-corrected chi connectivity index (χ3v) is 8.49. The summed E-state index contributed by atoms with van der Waals surface area (Å²) in [7, 11) is -1.80. The van der Waals surface area contributed by atoms with Crippen LogP contribution in [0.25, 0.3) is 0 Å². The first-order chi connectivity index (χ1) is 20.3. The Labute approximate surface area is 256 Å². The molecule has 1 amide bonds. The summed E-state index contributed by atoms with van der Waals surface area (Å²) in [6.07, 6.45) is 7.17. The van der Waals surface area contributed by atoms with Gasteiger partial charge in [0.05, 0.1) is 29.4 Å². The summed E-state index contributed by atoms with van der Waals surface area (Å²) < 4.78 is 63.0. The van der Waals surface area contributed by atoms with E-state index in [-0.39, 0.29) is 39.7 Å². The van der Waals surface area contributed by atoms with E-state index in [9.17, 15) is 22.0 Å². The van der Waals surface area contributed by atoms with Gasteiger partial charge in [0.15, 0.2) is 21.5 Å². The maximum Gasteiger partial charge on any atom is 0.209 e. The number of fused-ring (bicyclic) bond motifs is 1. The number of benzene rings is 1. The maximum absolute atomic E-state index is 14.8. The minimum absolute atomic E-state index is 0.0320. The lowest BCUT2D eigenvalue weighted by molar-refractivity contribution is -0.119. The number of nitrogens with one attached hydrogen (secondary N) is 1. The number of sulfone groups is 1. The van der Waals surface area contributed by atoms with Crippen molar-refractivity contribution in [2.75, 3.05) is 38.4 Å². The number of likely N-dealkylation sites (tertiary alicyclic amines) is 1. The molecule has 2 aliphatic rings. The first-order valence-corrected chi connectivity index (χ1v) is 16.8. The predicted molar refractivity (Wildman–Crippen MR) is 166 cm³/mol. The Morgan fingerprint density at radius 2 is 1.86 bits per heavy atom. The Morgan fingerprint density at radius 1 is 1.19 bits per heavy atom. The highest BCUT2D eigenvalue weighted by Gasteiger charge is 2.56. The van der Waals surface area contributed by atoms with Gasteiger partial charge in [-0.1, -0.05) is 41.0 Å². The number of carbonyl (C=O) groups excluding carboxylic acids is 1. The highest BCUT2D eigenvalue weighted by molar-refractivity contribution is 7.90. The Hall–Kier alpha value is -2.70. The van der Waals surface area contributed by atoms with Crippen LogP contribution < -0.4 is 5.32 Å². The zero-order chi connectivity index (χ0) is 32.8. The molecular formula is C31H50F2N4O5S. The van der Waals surface area contributed by atoms with Crippen LogP contribution in [-0.4, -0.2) is 68.4 Å². The number of halogens is 2. The molecule has 1 aliphatic heterocycles. The second-order valence-electron chi connectivity index (χ2n) is 10.8. The quantitative estimate of drug-likeness (QED) is 0.279. The van der Waals surface area contributed by atoms with Gasteiger partial charge in [0.25, 0.3) is 0 Å². The second-order valence-corrected chi connectivity index (χ2v) is 12.9. The fourth-order valence-corrected chi connectivity index (χ4v) is 5.32. The first-order valence-electron chi connectivity index (χ1n) is 14.9. The third-order valence-electron chi connectivity index (χ3n) is 7.38. The molecular weight excluding hydrogens is 578 g/mol. The number of nitrogens with zero attached hydrogens (tertiary/aromatic N) is 3. The number of carbonyl (C=O) groups is 1. The van der Waals surface area contributed by atoms with Crippen LogP contribution in [0.4, 0.5) is 20.3 Å². The number of rotatable bonds is 11. The van der Waals surface area contributed by atoms with E-state index < -0.39 is 21.5 Å². The summed E-state index contributed by atoms with van der Waals surface area (Å²) in [5, 5.41) is 2.54. The van der Waals surface area contributed by atoms with Crippen molar-refractivity contribution in [3.63, 3.8) is 0 Å². The highest BCUT2D eigenvalue weighted by atomic mass is 32.2. The minimum Gasteiger partial charge on any atom is -0.379 e. The zero-order valence-electron chi connectivity index (χ0n) is 27.2. The molecule has 2 unspecified atom stereocenters. The van der Waals surface area contributed by atoms with E-state index in [1.807, 2.05) is 27.7 Å². The SMILES string of the molecule is CC.CC.CCCC(C)(C)OC.CS(=O)(=O)c1ccc(Nc2ncnc(COCC34CCN(C=O)CC3C4)c2F)c(F)c1. The Morgan fingerprint density at radius 3 is 2.37 bits per heavy atom. The van der Waals surface area contributed by atoms with Crippen LogP contribution in [-0.2, 0) is 30.7 Å². The number of hydrogen-bond acceptors (Lipinski definition) is 8. The van der Waals surface area contributed by atoms with E-state index >= 15 is 0 Å². The first kappa shape index (κ1) is 38.3. The monoisotopic (exact) mass is 628 g/mol. The van der Waals surface area contributed by atoms with Gasteiger partial charge in [0.2, 0.25) is 6.41 Å². The minimum atomic E-state index is -3.56. The molecule has 43 heavy (non-hydrogen) atoms. The lowest BCUT2D eigenvalue weighted by Crippen LogP contribution is -2.35. The van der Waals surface area contributed by atoms with Crippen molar-refractivity contribution >= 4 is 27.8 Å². The summed E-state index contributed by atoms with van der Waals surface area (Å²) in [4.78, 5) is 20.2. The van der Waals surface area contributed by atoms with Crippen molar-refractivity contribution < 1.29 is 31.5 Å². The van der Waals surface area contributed by atoms with E-state index in [1.54, 1.807) is 12.0 Å². The van der Waals surface area contributed by atoms with Crippen molar-refractivity contribution in [2.24, 2.45) is 11.3 Å². The van der Waals surface area contributed by atoms with Gasteiger partial charge in [0.1, 0.15) is 17.8 Å². The van der Waals surface area contributed by atoms with E-state index in [0.29, 0.717) is 19.1 Å². The average molecular weight is 629 g/mol. The zero-order valence-corrected chi connectivity index (χ0v) is 28.0.